The van der Waals surface area contributed by atoms with E-state index in [9.17, 15) is 39.9 Å². The van der Waals surface area contributed by atoms with Crippen LogP contribution in [0.4, 0.5) is 15.5 Å². The minimum atomic E-state index is -3.64. The lowest BCUT2D eigenvalue weighted by Crippen LogP contribution is -2.60. The first-order valence-electron chi connectivity index (χ1n) is 16.2. The van der Waals surface area contributed by atoms with Crippen LogP contribution in [0.3, 0.4) is 0 Å². The Bertz CT molecular complexity index is 1560. The fourth-order valence-corrected chi connectivity index (χ4v) is 9.94. The smallest absolute Gasteiger partial charge is 0.264 e. The predicted octanol–water partition coefficient (Wildman–Crippen LogP) is 1.14. The number of amides is 3. The van der Waals surface area contributed by atoms with E-state index >= 15 is 4.11 Å². The van der Waals surface area contributed by atoms with Crippen LogP contribution in [0.2, 0.25) is 18.6 Å². The summed E-state index contributed by atoms with van der Waals surface area (Å²) in [5.74, 6) is -2.54. The van der Waals surface area contributed by atoms with E-state index in [0.717, 1.165) is 5.56 Å². The molecule has 1 spiro atoms. The number of ether oxygens (including phenoxy) is 2. The molecule has 0 unspecified atom stereocenters. The second kappa shape index (κ2) is 14.4. The molecule has 15 heteroatoms. The van der Waals surface area contributed by atoms with Crippen LogP contribution in [0.5, 0.6) is 0 Å². The van der Waals surface area contributed by atoms with Gasteiger partial charge in [0.25, 0.3) is 11.8 Å². The fraction of sp³-hybridized carbons (Fsp3) is 0.500. The van der Waals surface area contributed by atoms with Gasteiger partial charge in [0.2, 0.25) is 14.3 Å². The van der Waals surface area contributed by atoms with Gasteiger partial charge in [-0.2, -0.15) is 0 Å². The third-order valence-electron chi connectivity index (χ3n) is 9.70. The van der Waals surface area contributed by atoms with Crippen molar-refractivity contribution in [2.24, 2.45) is 5.92 Å². The minimum absolute atomic E-state index is 0.0482. The highest BCUT2D eigenvalue weighted by Crippen LogP contribution is 2.60. The number of carbonyl (C=O) groups excluding carboxylic acids is 3. The van der Waals surface area contributed by atoms with Crippen LogP contribution >= 0.6 is 0 Å². The van der Waals surface area contributed by atoms with E-state index in [1.165, 1.54) is 41.1 Å². The second-order valence-corrected chi connectivity index (χ2v) is 17.1. The standard InChI is InChI=1S/C34H44FN3O10Si/c1-5-13-38-23-12-11-21(36-31(44)29-27(42)26(41)28(43)32(45)47-29)16-22(23)34(33(38)46)19(2)30(49(3,4)35)24(48-34)17-25(40)37(14-15-39)18-20-9-7-6-8-10-20/h5-12,16,19,24,26-30,32,39,41-43,45H,1,13-15,17-18H2,2-4H3,(H,36,44)/t19-,24+,26-,27-,28+,29-,30-,32+,34+/m0/s1. The number of hydrogen-bond donors (Lipinski definition) is 6. The van der Waals surface area contributed by atoms with E-state index < -0.39 is 74.1 Å². The fourth-order valence-electron chi connectivity index (χ4n) is 7.44. The summed E-state index contributed by atoms with van der Waals surface area (Å²) in [7, 11) is -3.64. The topological polar surface area (TPSA) is 189 Å². The highest BCUT2D eigenvalue weighted by atomic mass is 28.4. The van der Waals surface area contributed by atoms with Gasteiger partial charge in [0, 0.05) is 42.3 Å². The molecule has 49 heavy (non-hydrogen) atoms. The first kappa shape index (κ1) is 36.7. The number of nitrogens with one attached hydrogen (secondary N) is 1. The number of anilines is 2. The maximum Gasteiger partial charge on any atom is 0.264 e. The van der Waals surface area contributed by atoms with Gasteiger partial charge in [-0.1, -0.05) is 43.3 Å². The number of fused-ring (bicyclic) bond motifs is 2. The van der Waals surface area contributed by atoms with Crippen LogP contribution < -0.4 is 10.2 Å². The molecular formula is C34H44FN3O10Si. The zero-order chi connectivity index (χ0) is 35.8. The van der Waals surface area contributed by atoms with Crippen molar-refractivity contribution in [3.8, 4) is 0 Å². The van der Waals surface area contributed by atoms with Gasteiger partial charge in [-0.15, -0.1) is 6.58 Å². The highest BCUT2D eigenvalue weighted by Gasteiger charge is 2.67. The summed E-state index contributed by atoms with van der Waals surface area (Å²) in [6.07, 6.45) is -8.91. The van der Waals surface area contributed by atoms with Gasteiger partial charge in [0.1, 0.15) is 18.3 Å². The van der Waals surface area contributed by atoms with Crippen LogP contribution in [-0.4, -0.2) is 113 Å². The Kier molecular flexibility index (Phi) is 10.8. The van der Waals surface area contributed by atoms with Gasteiger partial charge in [-0.3, -0.25) is 14.4 Å². The number of aliphatic hydroxyl groups excluding tert-OH is 5. The summed E-state index contributed by atoms with van der Waals surface area (Å²) in [6.45, 7) is 8.60. The van der Waals surface area contributed by atoms with Crippen molar-refractivity contribution in [1.82, 2.24) is 4.90 Å². The summed E-state index contributed by atoms with van der Waals surface area (Å²) < 4.78 is 28.0. The zero-order valence-electron chi connectivity index (χ0n) is 27.6. The average molecular weight is 702 g/mol. The molecular weight excluding hydrogens is 657 g/mol. The number of benzene rings is 2. The molecule has 2 aromatic rings. The third kappa shape index (κ3) is 6.81. The molecule has 6 N–H and O–H groups in total. The lowest BCUT2D eigenvalue weighted by atomic mass is 9.82. The Balaban J connectivity index is 1.49. The molecule has 2 saturated heterocycles. The number of nitrogens with zero attached hydrogens (tertiary/aromatic N) is 2. The Morgan fingerprint density at radius 1 is 1.10 bits per heavy atom. The Labute approximate surface area is 284 Å². The molecule has 5 rings (SSSR count). The van der Waals surface area contributed by atoms with Crippen LogP contribution in [0, 0.1) is 5.92 Å². The first-order valence-corrected chi connectivity index (χ1v) is 19.2. The molecule has 0 aliphatic carbocycles. The van der Waals surface area contributed by atoms with Crippen LogP contribution in [0.1, 0.15) is 24.5 Å². The SMILES string of the molecule is C=CCN1C(=O)[C@]2(O[C@H](CC(=O)N(CCO)Cc3ccccc3)[C@@H]([Si](C)(C)F)[C@@H]2C)c2cc(NC(=O)[C@H]3O[C@@H](O)[C@H](O)[C@@H](O)[C@@H]3O)ccc21. The lowest BCUT2D eigenvalue weighted by Gasteiger charge is -2.37. The molecule has 2 aromatic carbocycles. The Morgan fingerprint density at radius 3 is 2.43 bits per heavy atom. The lowest BCUT2D eigenvalue weighted by molar-refractivity contribution is -0.274. The Morgan fingerprint density at radius 2 is 1.80 bits per heavy atom. The normalized spacial score (nSPS) is 31.1. The van der Waals surface area contributed by atoms with Gasteiger partial charge in [0.05, 0.1) is 24.8 Å². The molecule has 0 radical (unpaired) electrons. The molecule has 0 saturated carbocycles. The van der Waals surface area contributed by atoms with Gasteiger partial charge < -0.3 is 54.2 Å². The van der Waals surface area contributed by atoms with Crippen molar-refractivity contribution in [2.75, 3.05) is 29.9 Å². The van der Waals surface area contributed by atoms with E-state index in [2.05, 4.69) is 11.9 Å². The van der Waals surface area contributed by atoms with E-state index in [4.69, 9.17) is 9.47 Å². The van der Waals surface area contributed by atoms with Crippen LogP contribution in [0.25, 0.3) is 0 Å². The minimum Gasteiger partial charge on any atom is -0.395 e. The van der Waals surface area contributed by atoms with E-state index in [1.807, 2.05) is 30.3 Å². The predicted molar refractivity (Wildman–Crippen MR) is 178 cm³/mol. The molecule has 0 bridgehead atoms. The van der Waals surface area contributed by atoms with Gasteiger partial charge in [-0.25, -0.2) is 0 Å². The van der Waals surface area contributed by atoms with Crippen LogP contribution in [0.15, 0.2) is 61.2 Å². The summed E-state index contributed by atoms with van der Waals surface area (Å²) in [4.78, 5) is 44.3. The molecule has 3 amide bonds. The van der Waals surface area contributed by atoms with Crippen molar-refractivity contribution < 1.29 is 53.5 Å². The Hall–Kier alpha value is -3.54. The second-order valence-electron chi connectivity index (χ2n) is 13.3. The molecule has 0 aromatic heterocycles. The van der Waals surface area contributed by atoms with Gasteiger partial charge >= 0.3 is 0 Å². The monoisotopic (exact) mass is 701 g/mol. The van der Waals surface area contributed by atoms with Crippen molar-refractivity contribution in [3.63, 3.8) is 0 Å². The molecule has 3 aliphatic heterocycles. The maximum absolute atomic E-state index is 16.3. The van der Waals surface area contributed by atoms with Crippen molar-refractivity contribution in [3.05, 3.63) is 72.3 Å². The molecule has 2 fully saturated rings. The summed E-state index contributed by atoms with van der Waals surface area (Å²) >= 11 is 0. The van der Waals surface area contributed by atoms with Gasteiger partial charge in [-0.05, 0) is 36.9 Å². The number of aliphatic hydroxyl groups is 5. The quantitative estimate of drug-likeness (QED) is 0.113. The summed E-state index contributed by atoms with van der Waals surface area (Å²) in [6, 6.07) is 13.8. The molecule has 3 aliphatic rings. The zero-order valence-corrected chi connectivity index (χ0v) is 28.6. The highest BCUT2D eigenvalue weighted by molar-refractivity contribution is 6.72. The van der Waals surface area contributed by atoms with Crippen molar-refractivity contribution in [1.29, 1.82) is 0 Å². The molecule has 13 nitrogen and oxygen atoms in total. The molecule has 9 atom stereocenters. The van der Waals surface area contributed by atoms with E-state index in [1.54, 1.807) is 13.0 Å². The number of halogens is 1. The number of carbonyl (C=O) groups is 3. The van der Waals surface area contributed by atoms with Crippen molar-refractivity contribution >= 4 is 37.5 Å². The largest absolute Gasteiger partial charge is 0.395 e. The van der Waals surface area contributed by atoms with E-state index in [0.29, 0.717) is 11.3 Å². The van der Waals surface area contributed by atoms with Gasteiger partial charge in [0.15, 0.2) is 18.0 Å². The first-order chi connectivity index (χ1) is 23.1. The molecule has 3 heterocycles. The molecule has 266 valence electrons. The van der Waals surface area contributed by atoms with E-state index in [-0.39, 0.29) is 44.3 Å². The average Bonchev–Trinajstić information content (AvgIpc) is 3.48. The van der Waals surface area contributed by atoms with Crippen molar-refractivity contribution in [2.45, 2.75) is 80.9 Å². The van der Waals surface area contributed by atoms with Crippen LogP contribution in [-0.2, 0) is 36.0 Å². The number of hydrogen-bond acceptors (Lipinski definition) is 10. The maximum atomic E-state index is 16.3. The summed E-state index contributed by atoms with van der Waals surface area (Å²) in [5.41, 5.74) is -0.776. The third-order valence-corrected chi connectivity index (χ3v) is 12.2. The summed E-state index contributed by atoms with van der Waals surface area (Å²) in [5, 5.41) is 52.4. The number of rotatable bonds is 11.